The number of thioether (sulfide) groups is 1. The van der Waals surface area contributed by atoms with Gasteiger partial charge in [0.15, 0.2) is 0 Å². The lowest BCUT2D eigenvalue weighted by molar-refractivity contribution is 0.104. The number of benzene rings is 1. The molecular weight excluding hydrogens is 254 g/mol. The third-order valence-corrected chi connectivity index (χ3v) is 3.96. The number of rotatable bonds is 2. The zero-order valence-corrected chi connectivity index (χ0v) is 10.2. The molecule has 0 fully saturated rings. The molecule has 1 N–H and O–H groups in total. The standard InChI is InChI=1S/C11H7N3OS2/c15-10-7-3-1-2-4-8(7)16-9(10)5-12-11-13-6-14-17-11/h1-6H,(H,12,13,14)/b9-5-. The molecule has 0 spiro atoms. The fourth-order valence-corrected chi connectivity index (χ4v) is 2.87. The van der Waals surface area contributed by atoms with Crippen molar-refractivity contribution in [3.8, 4) is 0 Å². The molecule has 2 heterocycles. The first kappa shape index (κ1) is 10.5. The zero-order valence-electron chi connectivity index (χ0n) is 8.58. The molecule has 0 atom stereocenters. The van der Waals surface area contributed by atoms with Crippen LogP contribution < -0.4 is 5.32 Å². The van der Waals surface area contributed by atoms with E-state index in [0.29, 0.717) is 10.0 Å². The SMILES string of the molecule is O=C1/C(=C/Nc2ncns2)Sc2ccccc21. The molecule has 0 saturated heterocycles. The quantitative estimate of drug-likeness (QED) is 0.842. The van der Waals surface area contributed by atoms with Crippen LogP contribution >= 0.6 is 23.3 Å². The molecule has 0 saturated carbocycles. The molecule has 1 aromatic heterocycles. The molecule has 0 radical (unpaired) electrons. The molecule has 1 aromatic carbocycles. The van der Waals surface area contributed by atoms with E-state index in [0.717, 1.165) is 10.5 Å². The maximum absolute atomic E-state index is 12.0. The highest BCUT2D eigenvalue weighted by Gasteiger charge is 2.25. The lowest BCUT2D eigenvalue weighted by atomic mass is 10.1. The van der Waals surface area contributed by atoms with Gasteiger partial charge in [0.05, 0.1) is 4.91 Å². The molecule has 0 bridgehead atoms. The average molecular weight is 261 g/mol. The number of nitrogens with one attached hydrogen (secondary N) is 1. The number of fused-ring (bicyclic) bond motifs is 1. The van der Waals surface area contributed by atoms with Gasteiger partial charge in [0.1, 0.15) is 6.33 Å². The number of Topliss-reactive ketones (excluding diaryl/α,β-unsaturated/α-hetero) is 1. The van der Waals surface area contributed by atoms with Crippen LogP contribution in [-0.2, 0) is 0 Å². The van der Waals surface area contributed by atoms with Gasteiger partial charge in [-0.15, -0.1) is 0 Å². The molecule has 2 aromatic rings. The van der Waals surface area contributed by atoms with Crippen LogP contribution in [0, 0.1) is 0 Å². The van der Waals surface area contributed by atoms with Gasteiger partial charge in [0, 0.05) is 28.2 Å². The highest BCUT2D eigenvalue weighted by Crippen LogP contribution is 2.39. The zero-order chi connectivity index (χ0) is 11.7. The molecule has 84 valence electrons. The largest absolute Gasteiger partial charge is 0.336 e. The number of anilines is 1. The predicted molar refractivity (Wildman–Crippen MR) is 68.2 cm³/mol. The summed E-state index contributed by atoms with van der Waals surface area (Å²) in [6.45, 7) is 0. The van der Waals surface area contributed by atoms with Gasteiger partial charge in [-0.3, -0.25) is 4.79 Å². The van der Waals surface area contributed by atoms with Crippen LogP contribution in [0.2, 0.25) is 0 Å². The maximum atomic E-state index is 12.0. The van der Waals surface area contributed by atoms with E-state index in [2.05, 4.69) is 14.7 Å². The van der Waals surface area contributed by atoms with Crippen molar-refractivity contribution >= 4 is 34.2 Å². The average Bonchev–Trinajstić information content (AvgIpc) is 2.96. The fraction of sp³-hybridized carbons (Fsp3) is 0. The van der Waals surface area contributed by atoms with Crippen LogP contribution in [0.25, 0.3) is 0 Å². The number of carbonyl (C=O) groups is 1. The lowest BCUT2D eigenvalue weighted by Crippen LogP contribution is -1.96. The van der Waals surface area contributed by atoms with Crippen molar-refractivity contribution in [2.45, 2.75) is 4.90 Å². The molecule has 0 amide bonds. The Labute approximate surface area is 106 Å². The normalized spacial score (nSPS) is 16.2. The minimum absolute atomic E-state index is 0.0580. The molecule has 0 unspecified atom stereocenters. The summed E-state index contributed by atoms with van der Waals surface area (Å²) in [5.74, 6) is 0.0580. The van der Waals surface area contributed by atoms with E-state index in [-0.39, 0.29) is 5.78 Å². The highest BCUT2D eigenvalue weighted by atomic mass is 32.2. The van der Waals surface area contributed by atoms with Crippen molar-refractivity contribution in [2.75, 3.05) is 5.32 Å². The van der Waals surface area contributed by atoms with Crippen LogP contribution in [0.4, 0.5) is 5.13 Å². The molecule has 1 aliphatic heterocycles. The first-order chi connectivity index (χ1) is 8.34. The Hall–Kier alpha value is -1.66. The fourth-order valence-electron chi connectivity index (χ4n) is 1.50. The molecular formula is C11H7N3OS2. The second-order valence-corrected chi connectivity index (χ2v) is 5.19. The van der Waals surface area contributed by atoms with Gasteiger partial charge >= 0.3 is 0 Å². The van der Waals surface area contributed by atoms with Gasteiger partial charge in [-0.25, -0.2) is 4.98 Å². The number of allylic oxidation sites excluding steroid dienone is 1. The summed E-state index contributed by atoms with van der Waals surface area (Å²) in [6.07, 6.45) is 3.16. The van der Waals surface area contributed by atoms with Crippen LogP contribution in [0.15, 0.2) is 46.6 Å². The van der Waals surface area contributed by atoms with Crippen LogP contribution in [0.3, 0.4) is 0 Å². The van der Waals surface area contributed by atoms with Crippen molar-refractivity contribution in [1.29, 1.82) is 0 Å². The first-order valence-electron chi connectivity index (χ1n) is 4.89. The van der Waals surface area contributed by atoms with Gasteiger partial charge in [-0.2, -0.15) is 4.37 Å². The Morgan fingerprint density at radius 1 is 1.29 bits per heavy atom. The molecule has 4 nitrogen and oxygen atoms in total. The van der Waals surface area contributed by atoms with Gasteiger partial charge in [0.25, 0.3) is 0 Å². The number of hydrogen-bond donors (Lipinski definition) is 1. The van der Waals surface area contributed by atoms with Crippen molar-refractivity contribution < 1.29 is 4.79 Å². The van der Waals surface area contributed by atoms with Crippen molar-refractivity contribution in [3.05, 3.63) is 47.3 Å². The van der Waals surface area contributed by atoms with Gasteiger partial charge in [0.2, 0.25) is 10.9 Å². The van der Waals surface area contributed by atoms with Crippen molar-refractivity contribution in [2.24, 2.45) is 0 Å². The van der Waals surface area contributed by atoms with E-state index >= 15 is 0 Å². The summed E-state index contributed by atoms with van der Waals surface area (Å²) in [7, 11) is 0. The lowest BCUT2D eigenvalue weighted by Gasteiger charge is -1.95. The van der Waals surface area contributed by atoms with Gasteiger partial charge in [-0.1, -0.05) is 23.9 Å². The third-order valence-electron chi connectivity index (χ3n) is 2.26. The Balaban J connectivity index is 1.84. The van der Waals surface area contributed by atoms with E-state index in [9.17, 15) is 4.79 Å². The first-order valence-corrected chi connectivity index (χ1v) is 6.48. The number of nitrogens with zero attached hydrogens (tertiary/aromatic N) is 2. The topological polar surface area (TPSA) is 54.9 Å². The second-order valence-electron chi connectivity index (χ2n) is 3.33. The summed E-state index contributed by atoms with van der Waals surface area (Å²) in [5, 5.41) is 3.66. The summed E-state index contributed by atoms with van der Waals surface area (Å²) in [4.78, 5) is 17.7. The van der Waals surface area contributed by atoms with E-state index in [1.165, 1.54) is 29.6 Å². The smallest absolute Gasteiger partial charge is 0.206 e. The Morgan fingerprint density at radius 3 is 2.94 bits per heavy atom. The Bertz CT molecular complexity index is 593. The molecule has 1 aliphatic rings. The van der Waals surface area contributed by atoms with Crippen LogP contribution in [0.5, 0.6) is 0 Å². The maximum Gasteiger partial charge on any atom is 0.206 e. The highest BCUT2D eigenvalue weighted by molar-refractivity contribution is 8.04. The molecule has 17 heavy (non-hydrogen) atoms. The molecule has 0 aliphatic carbocycles. The van der Waals surface area contributed by atoms with Crippen molar-refractivity contribution in [3.63, 3.8) is 0 Å². The van der Waals surface area contributed by atoms with Crippen LogP contribution in [-0.4, -0.2) is 15.1 Å². The predicted octanol–water partition coefficient (Wildman–Crippen LogP) is 2.78. The van der Waals surface area contributed by atoms with E-state index in [1.807, 2.05) is 24.3 Å². The summed E-state index contributed by atoms with van der Waals surface area (Å²) < 4.78 is 3.87. The minimum Gasteiger partial charge on any atom is -0.336 e. The number of aromatic nitrogens is 2. The summed E-state index contributed by atoms with van der Waals surface area (Å²) in [5.41, 5.74) is 0.766. The summed E-state index contributed by atoms with van der Waals surface area (Å²) >= 11 is 2.73. The number of ketones is 1. The van der Waals surface area contributed by atoms with Crippen LogP contribution in [0.1, 0.15) is 10.4 Å². The molecule has 6 heteroatoms. The third kappa shape index (κ3) is 1.96. The van der Waals surface area contributed by atoms with Crippen molar-refractivity contribution in [1.82, 2.24) is 9.36 Å². The van der Waals surface area contributed by atoms with Gasteiger partial charge in [-0.05, 0) is 12.1 Å². The monoisotopic (exact) mass is 261 g/mol. The van der Waals surface area contributed by atoms with E-state index < -0.39 is 0 Å². The van der Waals surface area contributed by atoms with E-state index in [1.54, 1.807) is 6.20 Å². The minimum atomic E-state index is 0.0580. The van der Waals surface area contributed by atoms with Gasteiger partial charge < -0.3 is 5.32 Å². The Morgan fingerprint density at radius 2 is 2.18 bits per heavy atom. The summed E-state index contributed by atoms with van der Waals surface area (Å²) in [6, 6.07) is 7.60. The second kappa shape index (κ2) is 4.31. The number of hydrogen-bond acceptors (Lipinski definition) is 6. The van der Waals surface area contributed by atoms with E-state index in [4.69, 9.17) is 0 Å². The molecule has 3 rings (SSSR count). The number of carbonyl (C=O) groups excluding carboxylic acids is 1. The Kier molecular flexibility index (Phi) is 2.66.